The number of sulfonamides is 1. The third-order valence-corrected chi connectivity index (χ3v) is 5.53. The van der Waals surface area contributed by atoms with Gasteiger partial charge in [0.1, 0.15) is 4.90 Å². The lowest BCUT2D eigenvalue weighted by atomic mass is 10.0. The third kappa shape index (κ3) is 3.59. The van der Waals surface area contributed by atoms with Gasteiger partial charge >= 0.3 is 0 Å². The van der Waals surface area contributed by atoms with Gasteiger partial charge in [-0.2, -0.15) is 0 Å². The normalized spacial score (nSPS) is 18.1. The summed E-state index contributed by atoms with van der Waals surface area (Å²) in [7, 11) is -4.16. The Morgan fingerprint density at radius 1 is 1.33 bits per heavy atom. The zero-order valence-corrected chi connectivity index (χ0v) is 12.6. The Hall–Kier alpha value is -1.05. The number of nitrogens with one attached hydrogen (secondary N) is 1. The molecule has 118 valence electrons. The Morgan fingerprint density at radius 2 is 1.95 bits per heavy atom. The van der Waals surface area contributed by atoms with Crippen molar-refractivity contribution in [2.45, 2.75) is 50.2 Å². The van der Waals surface area contributed by atoms with Crippen molar-refractivity contribution in [1.82, 2.24) is 4.72 Å². The molecule has 0 saturated heterocycles. The van der Waals surface area contributed by atoms with Gasteiger partial charge in [-0.1, -0.05) is 12.8 Å². The van der Waals surface area contributed by atoms with E-state index in [0.29, 0.717) is 0 Å². The Morgan fingerprint density at radius 3 is 2.52 bits per heavy atom. The Labute approximate surface area is 123 Å². The molecule has 1 aliphatic rings. The molecule has 2 N–H and O–H groups in total. The summed E-state index contributed by atoms with van der Waals surface area (Å²) in [5, 5.41) is 8.99. The first-order valence-electron chi connectivity index (χ1n) is 6.96. The van der Waals surface area contributed by atoms with Crippen molar-refractivity contribution in [2.24, 2.45) is 5.92 Å². The molecule has 1 fully saturated rings. The SMILES string of the molecule is CC(NS(=O)(=O)c1cc(CO)cc(F)c1F)C1CCCC1. The summed E-state index contributed by atoms with van der Waals surface area (Å²) in [6.07, 6.45) is 3.97. The van der Waals surface area contributed by atoms with Crippen LogP contribution < -0.4 is 4.72 Å². The van der Waals surface area contributed by atoms with Crippen molar-refractivity contribution >= 4 is 10.0 Å². The van der Waals surface area contributed by atoms with Gasteiger partial charge in [-0.25, -0.2) is 21.9 Å². The van der Waals surface area contributed by atoms with Crippen LogP contribution in [0.25, 0.3) is 0 Å². The lowest BCUT2D eigenvalue weighted by molar-refractivity contribution is 0.280. The minimum absolute atomic E-state index is 0.0165. The maximum atomic E-state index is 13.8. The fourth-order valence-electron chi connectivity index (χ4n) is 2.77. The van der Waals surface area contributed by atoms with E-state index in [-0.39, 0.29) is 17.5 Å². The molecule has 1 atom stereocenters. The molecular formula is C14H19F2NO3S. The second kappa shape index (κ2) is 6.37. The van der Waals surface area contributed by atoms with Gasteiger partial charge in [-0.05, 0) is 43.4 Å². The molecule has 21 heavy (non-hydrogen) atoms. The van der Waals surface area contributed by atoms with Crippen LogP contribution in [0.15, 0.2) is 17.0 Å². The highest BCUT2D eigenvalue weighted by Crippen LogP contribution is 2.29. The summed E-state index contributed by atoms with van der Waals surface area (Å²) < 4.78 is 54.1. The van der Waals surface area contributed by atoms with E-state index in [4.69, 9.17) is 5.11 Å². The van der Waals surface area contributed by atoms with E-state index >= 15 is 0 Å². The van der Waals surface area contributed by atoms with Crippen LogP contribution in [0.5, 0.6) is 0 Å². The minimum atomic E-state index is -4.16. The zero-order valence-electron chi connectivity index (χ0n) is 11.8. The molecule has 0 spiro atoms. The van der Waals surface area contributed by atoms with Crippen LogP contribution in [0.3, 0.4) is 0 Å². The second-order valence-corrected chi connectivity index (χ2v) is 7.18. The van der Waals surface area contributed by atoms with E-state index in [2.05, 4.69) is 4.72 Å². The van der Waals surface area contributed by atoms with Gasteiger partial charge in [0.2, 0.25) is 10.0 Å². The van der Waals surface area contributed by atoms with E-state index in [9.17, 15) is 17.2 Å². The predicted molar refractivity (Wildman–Crippen MR) is 74.0 cm³/mol. The molecular weight excluding hydrogens is 300 g/mol. The Kier molecular flexibility index (Phi) is 4.95. The van der Waals surface area contributed by atoms with Gasteiger partial charge in [0.05, 0.1) is 6.61 Å². The fourth-order valence-corrected chi connectivity index (χ4v) is 4.21. The number of hydrogen-bond acceptors (Lipinski definition) is 3. The molecule has 0 aliphatic heterocycles. The number of hydrogen-bond donors (Lipinski definition) is 2. The lowest BCUT2D eigenvalue weighted by Gasteiger charge is -2.20. The Bertz CT molecular complexity index is 613. The van der Waals surface area contributed by atoms with Crippen molar-refractivity contribution in [2.75, 3.05) is 0 Å². The molecule has 4 nitrogen and oxygen atoms in total. The van der Waals surface area contributed by atoms with Gasteiger partial charge in [-0.3, -0.25) is 0 Å². The zero-order chi connectivity index (χ0) is 15.6. The molecule has 0 amide bonds. The maximum Gasteiger partial charge on any atom is 0.243 e. The van der Waals surface area contributed by atoms with Gasteiger partial charge in [0, 0.05) is 6.04 Å². The minimum Gasteiger partial charge on any atom is -0.392 e. The topological polar surface area (TPSA) is 66.4 Å². The summed E-state index contributed by atoms with van der Waals surface area (Å²) in [5.41, 5.74) is 0.0165. The highest BCUT2D eigenvalue weighted by molar-refractivity contribution is 7.89. The quantitative estimate of drug-likeness (QED) is 0.875. The van der Waals surface area contributed by atoms with Crippen LogP contribution in [0.2, 0.25) is 0 Å². The number of halogens is 2. The van der Waals surface area contributed by atoms with Crippen LogP contribution in [-0.4, -0.2) is 19.6 Å². The highest BCUT2D eigenvalue weighted by atomic mass is 32.2. The molecule has 0 bridgehead atoms. The molecule has 0 aromatic heterocycles. The molecule has 0 heterocycles. The first-order valence-corrected chi connectivity index (χ1v) is 8.44. The molecule has 1 aromatic carbocycles. The molecule has 1 saturated carbocycles. The summed E-state index contributed by atoms with van der Waals surface area (Å²) in [4.78, 5) is -0.753. The van der Waals surface area contributed by atoms with Crippen LogP contribution >= 0.6 is 0 Å². The average Bonchev–Trinajstić information content (AvgIpc) is 2.95. The average molecular weight is 319 g/mol. The summed E-state index contributed by atoms with van der Waals surface area (Å²) in [6, 6.07) is 1.41. The lowest BCUT2D eigenvalue weighted by Crippen LogP contribution is -2.37. The van der Waals surface area contributed by atoms with Crippen LogP contribution in [0.4, 0.5) is 8.78 Å². The highest BCUT2D eigenvalue weighted by Gasteiger charge is 2.29. The van der Waals surface area contributed by atoms with Crippen LogP contribution in [0, 0.1) is 17.6 Å². The largest absolute Gasteiger partial charge is 0.392 e. The van der Waals surface area contributed by atoms with Gasteiger partial charge in [0.15, 0.2) is 11.6 Å². The van der Waals surface area contributed by atoms with E-state index in [1.54, 1.807) is 6.92 Å². The number of benzene rings is 1. The smallest absolute Gasteiger partial charge is 0.243 e. The van der Waals surface area contributed by atoms with E-state index in [1.165, 1.54) is 0 Å². The van der Waals surface area contributed by atoms with E-state index in [0.717, 1.165) is 37.8 Å². The predicted octanol–water partition coefficient (Wildman–Crippen LogP) is 2.31. The standard InChI is InChI=1S/C14H19F2NO3S/c1-9(11-4-2-3-5-11)17-21(19,20)13-7-10(8-18)6-12(15)14(13)16/h6-7,9,11,17-18H,2-5,8H2,1H3. The van der Waals surface area contributed by atoms with Gasteiger partial charge in [-0.15, -0.1) is 0 Å². The monoisotopic (exact) mass is 319 g/mol. The summed E-state index contributed by atoms with van der Waals surface area (Å²) in [6.45, 7) is 1.18. The maximum absolute atomic E-state index is 13.8. The summed E-state index contributed by atoms with van der Waals surface area (Å²) >= 11 is 0. The molecule has 0 radical (unpaired) electrons. The molecule has 1 unspecified atom stereocenters. The van der Waals surface area contributed by atoms with E-state index in [1.807, 2.05) is 0 Å². The molecule has 7 heteroatoms. The molecule has 1 aliphatic carbocycles. The number of aliphatic hydroxyl groups is 1. The van der Waals surface area contributed by atoms with Crippen molar-refractivity contribution in [1.29, 1.82) is 0 Å². The second-order valence-electron chi connectivity index (χ2n) is 5.50. The number of rotatable bonds is 5. The van der Waals surface area contributed by atoms with E-state index < -0.39 is 33.2 Å². The molecule has 1 aromatic rings. The first-order chi connectivity index (χ1) is 9.85. The van der Waals surface area contributed by atoms with Gasteiger partial charge < -0.3 is 5.11 Å². The molecule has 2 rings (SSSR count). The Balaban J connectivity index is 2.28. The van der Waals surface area contributed by atoms with Crippen LogP contribution in [-0.2, 0) is 16.6 Å². The fraction of sp³-hybridized carbons (Fsp3) is 0.571. The number of aliphatic hydroxyl groups excluding tert-OH is 1. The van der Waals surface area contributed by atoms with Crippen LogP contribution in [0.1, 0.15) is 38.2 Å². The van der Waals surface area contributed by atoms with Gasteiger partial charge in [0.25, 0.3) is 0 Å². The van der Waals surface area contributed by atoms with Crippen molar-refractivity contribution < 1.29 is 22.3 Å². The summed E-state index contributed by atoms with van der Waals surface area (Å²) in [5.74, 6) is -2.48. The third-order valence-electron chi connectivity index (χ3n) is 3.97. The first kappa shape index (κ1) is 16.3. The van der Waals surface area contributed by atoms with Crippen molar-refractivity contribution in [3.05, 3.63) is 29.3 Å². The van der Waals surface area contributed by atoms with Crippen molar-refractivity contribution in [3.63, 3.8) is 0 Å². The van der Waals surface area contributed by atoms with Crippen molar-refractivity contribution in [3.8, 4) is 0 Å².